The summed E-state index contributed by atoms with van der Waals surface area (Å²) in [5.74, 6) is 1.20. The fraction of sp³-hybridized carbons (Fsp3) is 0.444. The van der Waals surface area contributed by atoms with Crippen molar-refractivity contribution in [3.8, 4) is 0 Å². The zero-order valence-electron chi connectivity index (χ0n) is 12.5. The highest BCUT2D eigenvalue weighted by molar-refractivity contribution is 5.18. The number of aliphatic hydroxyl groups excluding tert-OH is 1. The molecule has 2 unspecified atom stereocenters. The summed E-state index contributed by atoms with van der Waals surface area (Å²) in [7, 11) is 0. The quantitative estimate of drug-likeness (QED) is 0.844. The first-order chi connectivity index (χ1) is 10.2. The lowest BCUT2D eigenvalue weighted by Gasteiger charge is -2.27. The number of aliphatic hydroxyl groups is 1. The van der Waals surface area contributed by atoms with Gasteiger partial charge in [-0.15, -0.1) is 0 Å². The lowest BCUT2D eigenvalue weighted by atomic mass is 9.97. The van der Waals surface area contributed by atoms with Crippen LogP contribution in [-0.2, 0) is 6.54 Å². The Bertz CT molecular complexity index is 534. The Morgan fingerprint density at radius 2 is 1.95 bits per heavy atom. The minimum atomic E-state index is -0.413. The first kappa shape index (κ1) is 14.4. The van der Waals surface area contributed by atoms with Crippen molar-refractivity contribution >= 4 is 0 Å². The Kier molecular flexibility index (Phi) is 4.42. The first-order valence-electron chi connectivity index (χ1n) is 7.73. The van der Waals surface area contributed by atoms with E-state index < -0.39 is 6.10 Å². The Morgan fingerprint density at radius 1 is 1.19 bits per heavy atom. The summed E-state index contributed by atoms with van der Waals surface area (Å²) >= 11 is 0. The number of nitrogens with zero attached hydrogens (tertiary/aromatic N) is 1. The van der Waals surface area contributed by atoms with Crippen molar-refractivity contribution in [2.24, 2.45) is 5.92 Å². The van der Waals surface area contributed by atoms with Gasteiger partial charge in [0.25, 0.3) is 0 Å². The molecular weight excluding hydrogens is 262 g/mol. The van der Waals surface area contributed by atoms with Gasteiger partial charge in [0.1, 0.15) is 5.76 Å². The minimum Gasteiger partial charge on any atom is -0.468 e. The van der Waals surface area contributed by atoms with Gasteiger partial charge in [-0.3, -0.25) is 4.90 Å². The van der Waals surface area contributed by atoms with E-state index >= 15 is 0 Å². The second kappa shape index (κ2) is 6.46. The number of hydrogen-bond donors (Lipinski definition) is 1. The van der Waals surface area contributed by atoms with E-state index in [1.165, 1.54) is 12.8 Å². The molecule has 1 aliphatic carbocycles. The van der Waals surface area contributed by atoms with E-state index in [0.29, 0.717) is 6.04 Å². The van der Waals surface area contributed by atoms with Crippen molar-refractivity contribution in [1.29, 1.82) is 0 Å². The van der Waals surface area contributed by atoms with Gasteiger partial charge in [0.2, 0.25) is 0 Å². The highest BCUT2D eigenvalue weighted by atomic mass is 16.3. The van der Waals surface area contributed by atoms with Crippen LogP contribution in [0.25, 0.3) is 0 Å². The third kappa shape index (κ3) is 3.74. The number of furan rings is 1. The summed E-state index contributed by atoms with van der Waals surface area (Å²) in [5, 5.41) is 10.5. The fourth-order valence-electron chi connectivity index (χ4n) is 2.83. The topological polar surface area (TPSA) is 36.6 Å². The molecule has 1 aromatic heterocycles. The van der Waals surface area contributed by atoms with Crippen molar-refractivity contribution in [2.45, 2.75) is 38.5 Å². The lowest BCUT2D eigenvalue weighted by molar-refractivity contribution is 0.0809. The standard InChI is InChI=1S/C18H23NO2/c1-14(18(20)15-6-3-2-4-7-15)12-19(16-9-10-16)13-17-8-5-11-21-17/h2-8,11,14,16,18,20H,9-10,12-13H2,1H3. The minimum absolute atomic E-state index is 0.197. The van der Waals surface area contributed by atoms with Gasteiger partial charge in [-0.2, -0.15) is 0 Å². The molecule has 2 atom stereocenters. The molecule has 21 heavy (non-hydrogen) atoms. The Morgan fingerprint density at radius 3 is 2.57 bits per heavy atom. The van der Waals surface area contributed by atoms with E-state index in [4.69, 9.17) is 4.42 Å². The molecule has 3 nitrogen and oxygen atoms in total. The van der Waals surface area contributed by atoms with Crippen LogP contribution in [0.3, 0.4) is 0 Å². The molecule has 1 aliphatic rings. The second-order valence-corrected chi connectivity index (χ2v) is 6.07. The molecule has 3 rings (SSSR count). The van der Waals surface area contributed by atoms with Gasteiger partial charge in [0.05, 0.1) is 18.9 Å². The SMILES string of the molecule is CC(CN(Cc1ccco1)C1CC1)C(O)c1ccccc1. The summed E-state index contributed by atoms with van der Waals surface area (Å²) in [4.78, 5) is 2.44. The van der Waals surface area contributed by atoms with E-state index in [-0.39, 0.29) is 5.92 Å². The van der Waals surface area contributed by atoms with E-state index in [2.05, 4.69) is 11.8 Å². The van der Waals surface area contributed by atoms with E-state index in [0.717, 1.165) is 24.4 Å². The molecule has 1 saturated carbocycles. The van der Waals surface area contributed by atoms with Gasteiger partial charge < -0.3 is 9.52 Å². The highest BCUT2D eigenvalue weighted by Gasteiger charge is 2.31. The average molecular weight is 285 g/mol. The van der Waals surface area contributed by atoms with Crippen LogP contribution in [-0.4, -0.2) is 22.6 Å². The summed E-state index contributed by atoms with van der Waals surface area (Å²) in [6.45, 7) is 3.85. The van der Waals surface area contributed by atoms with Crippen LogP contribution in [0.1, 0.15) is 37.2 Å². The lowest BCUT2D eigenvalue weighted by Crippen LogP contribution is -2.32. The maximum Gasteiger partial charge on any atom is 0.117 e. The third-order valence-electron chi connectivity index (χ3n) is 4.20. The normalized spacial score (nSPS) is 17.9. The van der Waals surface area contributed by atoms with Gasteiger partial charge in [0, 0.05) is 12.6 Å². The summed E-state index contributed by atoms with van der Waals surface area (Å²) < 4.78 is 5.46. The second-order valence-electron chi connectivity index (χ2n) is 6.07. The van der Waals surface area contributed by atoms with Crippen molar-refractivity contribution < 1.29 is 9.52 Å². The van der Waals surface area contributed by atoms with Crippen molar-refractivity contribution in [3.05, 3.63) is 60.1 Å². The largest absolute Gasteiger partial charge is 0.468 e. The fourth-order valence-corrected chi connectivity index (χ4v) is 2.83. The molecule has 0 bridgehead atoms. The summed E-state index contributed by atoms with van der Waals surface area (Å²) in [6.07, 6.45) is 3.83. The van der Waals surface area contributed by atoms with Crippen LogP contribution in [0.2, 0.25) is 0 Å². The van der Waals surface area contributed by atoms with E-state index in [9.17, 15) is 5.11 Å². The predicted molar refractivity (Wildman–Crippen MR) is 82.7 cm³/mol. The zero-order valence-corrected chi connectivity index (χ0v) is 12.5. The van der Waals surface area contributed by atoms with Gasteiger partial charge in [-0.05, 0) is 36.5 Å². The highest BCUT2D eigenvalue weighted by Crippen LogP contribution is 2.31. The number of rotatable bonds is 7. The molecule has 1 fully saturated rings. The molecule has 0 radical (unpaired) electrons. The Labute approximate surface area is 126 Å². The molecule has 1 heterocycles. The molecule has 0 amide bonds. The molecule has 3 heteroatoms. The van der Waals surface area contributed by atoms with Gasteiger partial charge in [0.15, 0.2) is 0 Å². The maximum atomic E-state index is 10.5. The van der Waals surface area contributed by atoms with Crippen LogP contribution < -0.4 is 0 Å². The van der Waals surface area contributed by atoms with Crippen molar-refractivity contribution in [1.82, 2.24) is 4.90 Å². The summed E-state index contributed by atoms with van der Waals surface area (Å²) in [6, 6.07) is 14.5. The average Bonchev–Trinajstić information content (AvgIpc) is 3.24. The molecule has 0 spiro atoms. The van der Waals surface area contributed by atoms with E-state index in [1.807, 2.05) is 42.5 Å². The van der Waals surface area contributed by atoms with Crippen molar-refractivity contribution in [3.63, 3.8) is 0 Å². The maximum absolute atomic E-state index is 10.5. The van der Waals surface area contributed by atoms with Gasteiger partial charge in [-0.25, -0.2) is 0 Å². The molecule has 1 N–H and O–H groups in total. The van der Waals surface area contributed by atoms with Crippen LogP contribution in [0, 0.1) is 5.92 Å². The van der Waals surface area contributed by atoms with Gasteiger partial charge in [-0.1, -0.05) is 37.3 Å². The smallest absolute Gasteiger partial charge is 0.117 e. The first-order valence-corrected chi connectivity index (χ1v) is 7.73. The molecule has 0 saturated heterocycles. The molecule has 0 aliphatic heterocycles. The molecule has 112 valence electrons. The Hall–Kier alpha value is -1.58. The monoisotopic (exact) mass is 285 g/mol. The third-order valence-corrected chi connectivity index (χ3v) is 4.20. The van der Waals surface area contributed by atoms with Crippen LogP contribution >= 0.6 is 0 Å². The Balaban J connectivity index is 1.62. The van der Waals surface area contributed by atoms with Crippen LogP contribution in [0.5, 0.6) is 0 Å². The predicted octanol–water partition coefficient (Wildman–Crippen LogP) is 3.61. The zero-order chi connectivity index (χ0) is 14.7. The van der Waals surface area contributed by atoms with Crippen molar-refractivity contribution in [2.75, 3.05) is 6.54 Å². The van der Waals surface area contributed by atoms with Crippen LogP contribution in [0.15, 0.2) is 53.1 Å². The van der Waals surface area contributed by atoms with E-state index in [1.54, 1.807) is 6.26 Å². The number of benzene rings is 1. The molecule has 1 aromatic carbocycles. The molecular formula is C18H23NO2. The van der Waals surface area contributed by atoms with Crippen LogP contribution in [0.4, 0.5) is 0 Å². The number of hydrogen-bond acceptors (Lipinski definition) is 3. The molecule has 2 aromatic rings. The van der Waals surface area contributed by atoms with Gasteiger partial charge >= 0.3 is 0 Å². The summed E-state index contributed by atoms with van der Waals surface area (Å²) in [5.41, 5.74) is 0.999.